The molecule has 0 saturated heterocycles. The van der Waals surface area contributed by atoms with Crippen molar-refractivity contribution >= 4 is 10.8 Å². The maximum absolute atomic E-state index is 12.9. The number of benzene rings is 3. The smallest absolute Gasteiger partial charge is 0.123 e. The summed E-state index contributed by atoms with van der Waals surface area (Å²) < 4.78 is 12.9. The third kappa shape index (κ3) is 2.65. The largest absolute Gasteiger partial charge is 0.207 e. The van der Waals surface area contributed by atoms with Crippen LogP contribution in [0, 0.1) is 12.7 Å². The highest BCUT2D eigenvalue weighted by atomic mass is 19.1. The van der Waals surface area contributed by atoms with Gasteiger partial charge in [-0.15, -0.1) is 0 Å². The number of hydrogen-bond donors (Lipinski definition) is 0. The van der Waals surface area contributed by atoms with Gasteiger partial charge < -0.3 is 0 Å². The van der Waals surface area contributed by atoms with Crippen molar-refractivity contribution in [3.8, 4) is 0 Å². The van der Waals surface area contributed by atoms with Crippen LogP contribution in [0.25, 0.3) is 10.8 Å². The molecule has 0 heterocycles. The SMILES string of the molecule is Cc1ccc2ccc(Cc3ccc(F)cc3)cc2c1. The highest BCUT2D eigenvalue weighted by molar-refractivity contribution is 5.83. The van der Waals surface area contributed by atoms with Gasteiger partial charge in [0.05, 0.1) is 0 Å². The Bertz CT molecular complexity index is 711. The molecule has 0 N–H and O–H groups in total. The van der Waals surface area contributed by atoms with E-state index in [2.05, 4.69) is 43.3 Å². The van der Waals surface area contributed by atoms with E-state index in [9.17, 15) is 4.39 Å². The molecular weight excluding hydrogens is 235 g/mol. The fraction of sp³-hybridized carbons (Fsp3) is 0.111. The molecule has 19 heavy (non-hydrogen) atoms. The fourth-order valence-electron chi connectivity index (χ4n) is 2.36. The normalized spacial score (nSPS) is 10.8. The van der Waals surface area contributed by atoms with Crippen LogP contribution in [0.1, 0.15) is 16.7 Å². The van der Waals surface area contributed by atoms with Gasteiger partial charge in [-0.1, -0.05) is 54.1 Å². The summed E-state index contributed by atoms with van der Waals surface area (Å²) in [5.74, 6) is -0.183. The van der Waals surface area contributed by atoms with E-state index in [1.807, 2.05) is 12.1 Å². The van der Waals surface area contributed by atoms with Gasteiger partial charge in [0.2, 0.25) is 0 Å². The van der Waals surface area contributed by atoms with E-state index >= 15 is 0 Å². The van der Waals surface area contributed by atoms with Crippen LogP contribution in [0.2, 0.25) is 0 Å². The Hall–Kier alpha value is -2.15. The zero-order valence-corrected chi connectivity index (χ0v) is 10.9. The van der Waals surface area contributed by atoms with Crippen molar-refractivity contribution in [1.82, 2.24) is 0 Å². The lowest BCUT2D eigenvalue weighted by molar-refractivity contribution is 0.627. The first-order valence-electron chi connectivity index (χ1n) is 6.44. The van der Waals surface area contributed by atoms with E-state index in [1.165, 1.54) is 34.0 Å². The molecule has 3 rings (SSSR count). The Kier molecular flexibility index (Phi) is 3.04. The predicted octanol–water partition coefficient (Wildman–Crippen LogP) is 4.88. The van der Waals surface area contributed by atoms with Crippen molar-refractivity contribution in [2.24, 2.45) is 0 Å². The highest BCUT2D eigenvalue weighted by Crippen LogP contribution is 2.19. The number of rotatable bonds is 2. The molecular formula is C18H15F. The summed E-state index contributed by atoms with van der Waals surface area (Å²) in [7, 11) is 0. The zero-order valence-electron chi connectivity index (χ0n) is 10.9. The molecule has 3 aromatic carbocycles. The molecule has 0 radical (unpaired) electrons. The second-order valence-corrected chi connectivity index (χ2v) is 4.99. The topological polar surface area (TPSA) is 0 Å². The van der Waals surface area contributed by atoms with E-state index in [0.717, 1.165) is 12.0 Å². The molecule has 0 nitrogen and oxygen atoms in total. The van der Waals surface area contributed by atoms with Crippen molar-refractivity contribution < 1.29 is 4.39 Å². The van der Waals surface area contributed by atoms with Gasteiger partial charge >= 0.3 is 0 Å². The minimum absolute atomic E-state index is 0.183. The molecule has 0 unspecified atom stereocenters. The van der Waals surface area contributed by atoms with Gasteiger partial charge in [0.15, 0.2) is 0 Å². The molecule has 0 aliphatic heterocycles. The first-order valence-corrected chi connectivity index (χ1v) is 6.44. The molecule has 0 aromatic heterocycles. The molecule has 3 aromatic rings. The Morgan fingerprint density at radius 2 is 1.42 bits per heavy atom. The Balaban J connectivity index is 1.94. The second-order valence-electron chi connectivity index (χ2n) is 4.99. The lowest BCUT2D eigenvalue weighted by Gasteiger charge is -2.05. The van der Waals surface area contributed by atoms with Crippen molar-refractivity contribution in [2.75, 3.05) is 0 Å². The van der Waals surface area contributed by atoms with E-state index in [1.54, 1.807) is 0 Å². The third-order valence-electron chi connectivity index (χ3n) is 3.38. The van der Waals surface area contributed by atoms with Crippen molar-refractivity contribution in [3.05, 3.63) is 83.2 Å². The first kappa shape index (κ1) is 11.9. The van der Waals surface area contributed by atoms with Gasteiger partial charge in [-0.2, -0.15) is 0 Å². The van der Waals surface area contributed by atoms with Crippen LogP contribution >= 0.6 is 0 Å². The van der Waals surface area contributed by atoms with Gasteiger partial charge in [0, 0.05) is 0 Å². The van der Waals surface area contributed by atoms with Crippen molar-refractivity contribution in [1.29, 1.82) is 0 Å². The summed E-state index contributed by atoms with van der Waals surface area (Å²) in [5, 5.41) is 2.52. The van der Waals surface area contributed by atoms with E-state index in [0.29, 0.717) is 0 Å². The second kappa shape index (κ2) is 4.85. The molecule has 0 saturated carbocycles. The van der Waals surface area contributed by atoms with Crippen LogP contribution in [0.4, 0.5) is 4.39 Å². The van der Waals surface area contributed by atoms with Crippen LogP contribution in [0.15, 0.2) is 60.7 Å². The first-order chi connectivity index (χ1) is 9.20. The monoisotopic (exact) mass is 250 g/mol. The Morgan fingerprint density at radius 1 is 0.737 bits per heavy atom. The van der Waals surface area contributed by atoms with Crippen LogP contribution < -0.4 is 0 Å². The number of fused-ring (bicyclic) bond motifs is 1. The Labute approximate surface area is 112 Å². The molecule has 0 aliphatic rings. The maximum Gasteiger partial charge on any atom is 0.123 e. The molecule has 0 aliphatic carbocycles. The summed E-state index contributed by atoms with van der Waals surface area (Å²) in [5.41, 5.74) is 3.66. The standard InChI is InChI=1S/C18H15F/c1-13-2-6-16-7-3-15(12-17(16)10-13)11-14-4-8-18(19)9-5-14/h2-10,12H,11H2,1H3. The van der Waals surface area contributed by atoms with E-state index < -0.39 is 0 Å². The summed E-state index contributed by atoms with van der Waals surface area (Å²) >= 11 is 0. The van der Waals surface area contributed by atoms with Gasteiger partial charge in [-0.05, 0) is 47.4 Å². The van der Waals surface area contributed by atoms with Crippen LogP contribution in [-0.2, 0) is 6.42 Å². The molecule has 0 spiro atoms. The maximum atomic E-state index is 12.9. The van der Waals surface area contributed by atoms with Crippen LogP contribution in [0.3, 0.4) is 0 Å². The quantitative estimate of drug-likeness (QED) is 0.608. The van der Waals surface area contributed by atoms with Gasteiger partial charge in [0.1, 0.15) is 5.82 Å². The Morgan fingerprint density at radius 3 is 2.21 bits per heavy atom. The fourth-order valence-corrected chi connectivity index (χ4v) is 2.36. The lowest BCUT2D eigenvalue weighted by atomic mass is 10.0. The van der Waals surface area contributed by atoms with Gasteiger partial charge in [0.25, 0.3) is 0 Å². The minimum atomic E-state index is -0.183. The summed E-state index contributed by atoms with van der Waals surface area (Å²) in [6.07, 6.45) is 0.837. The summed E-state index contributed by atoms with van der Waals surface area (Å²) in [6, 6.07) is 19.7. The molecule has 94 valence electrons. The average Bonchev–Trinajstić information content (AvgIpc) is 2.41. The number of halogens is 1. The van der Waals surface area contributed by atoms with E-state index in [4.69, 9.17) is 0 Å². The minimum Gasteiger partial charge on any atom is -0.207 e. The molecule has 0 amide bonds. The summed E-state index contributed by atoms with van der Waals surface area (Å²) in [4.78, 5) is 0. The number of hydrogen-bond acceptors (Lipinski definition) is 0. The third-order valence-corrected chi connectivity index (χ3v) is 3.38. The molecule has 1 heteroatoms. The highest BCUT2D eigenvalue weighted by Gasteiger charge is 2.00. The average molecular weight is 250 g/mol. The predicted molar refractivity (Wildman–Crippen MR) is 77.9 cm³/mol. The van der Waals surface area contributed by atoms with E-state index in [-0.39, 0.29) is 5.82 Å². The van der Waals surface area contributed by atoms with Crippen LogP contribution in [0.5, 0.6) is 0 Å². The van der Waals surface area contributed by atoms with Crippen molar-refractivity contribution in [2.45, 2.75) is 13.3 Å². The lowest BCUT2D eigenvalue weighted by Crippen LogP contribution is -1.89. The molecule has 0 fully saturated rings. The zero-order chi connectivity index (χ0) is 13.2. The molecule has 0 atom stereocenters. The number of aryl methyl sites for hydroxylation is 1. The van der Waals surface area contributed by atoms with Crippen LogP contribution in [-0.4, -0.2) is 0 Å². The van der Waals surface area contributed by atoms with Gasteiger partial charge in [-0.3, -0.25) is 0 Å². The summed E-state index contributed by atoms with van der Waals surface area (Å²) in [6.45, 7) is 2.10. The van der Waals surface area contributed by atoms with Gasteiger partial charge in [-0.25, -0.2) is 4.39 Å². The molecule has 0 bridgehead atoms. The van der Waals surface area contributed by atoms with Crippen molar-refractivity contribution in [3.63, 3.8) is 0 Å².